The molecule has 7 nitrogen and oxygen atoms in total. The van der Waals surface area contributed by atoms with Gasteiger partial charge in [0.1, 0.15) is 11.4 Å². The molecule has 0 fully saturated rings. The van der Waals surface area contributed by atoms with Gasteiger partial charge in [0.2, 0.25) is 0 Å². The predicted octanol–water partition coefficient (Wildman–Crippen LogP) is 5.12. The lowest BCUT2D eigenvalue weighted by molar-refractivity contribution is 0.188. The van der Waals surface area contributed by atoms with E-state index >= 15 is 0 Å². The Balaban J connectivity index is 1.69. The monoisotopic (exact) mass is 442 g/mol. The first-order valence-corrected chi connectivity index (χ1v) is 10.9. The lowest BCUT2D eigenvalue weighted by atomic mass is 10.1. The number of nitrogens with one attached hydrogen (secondary N) is 2. The van der Waals surface area contributed by atoms with Gasteiger partial charge < -0.3 is 19.9 Å². The lowest BCUT2D eigenvalue weighted by Crippen LogP contribution is -2.38. The maximum absolute atomic E-state index is 13.5. The molecular weight excluding hydrogens is 416 g/mol. The number of H-pyrrole nitrogens is 1. The molecule has 0 saturated carbocycles. The molecule has 0 bridgehead atoms. The lowest BCUT2D eigenvalue weighted by Gasteiger charge is -2.29. The zero-order chi connectivity index (χ0) is 23.2. The second-order valence-corrected chi connectivity index (χ2v) is 7.60. The molecule has 3 aromatic carbocycles. The topological polar surface area (TPSA) is 87.3 Å². The zero-order valence-electron chi connectivity index (χ0n) is 18.6. The Kier molecular flexibility index (Phi) is 6.69. The largest absolute Gasteiger partial charge is 0.492 e. The first kappa shape index (κ1) is 22.1. The average molecular weight is 443 g/mol. The fraction of sp³-hybridized carbons (Fsp3) is 0.192. The summed E-state index contributed by atoms with van der Waals surface area (Å²) in [5.41, 5.74) is 2.79. The van der Waals surface area contributed by atoms with Crippen molar-refractivity contribution in [3.8, 4) is 5.75 Å². The molecular formula is C26H26N4O3. The molecule has 0 aliphatic rings. The van der Waals surface area contributed by atoms with Crippen molar-refractivity contribution in [2.75, 3.05) is 11.9 Å². The second-order valence-electron chi connectivity index (χ2n) is 7.60. The minimum Gasteiger partial charge on any atom is -0.492 e. The number of benzene rings is 3. The van der Waals surface area contributed by atoms with E-state index in [-0.39, 0.29) is 29.9 Å². The van der Waals surface area contributed by atoms with E-state index in [1.165, 1.54) is 0 Å². The molecule has 0 aliphatic heterocycles. The molecule has 1 unspecified atom stereocenters. The van der Waals surface area contributed by atoms with Gasteiger partial charge in [0.05, 0.1) is 35.9 Å². The standard InChI is InChI=1S/C26H26N4O3/c1-3-33-24-16-10-9-15-22(24)29-26(32)30(18(2)19-11-5-4-6-12-19)17-23-25(31)28-21-14-8-7-13-20(21)27-23/h4-16,18H,3,17H2,1-2H3,(H,28,31)(H,29,32). The molecule has 4 aromatic rings. The number of carbonyl (C=O) groups is 1. The molecule has 168 valence electrons. The molecule has 1 aromatic heterocycles. The second kappa shape index (κ2) is 9.99. The van der Waals surface area contributed by atoms with Gasteiger partial charge in [-0.15, -0.1) is 0 Å². The molecule has 1 atom stereocenters. The summed E-state index contributed by atoms with van der Waals surface area (Å²) in [6.45, 7) is 4.34. The van der Waals surface area contributed by atoms with Gasteiger partial charge in [0.25, 0.3) is 5.56 Å². The number of aromatic nitrogens is 2. The van der Waals surface area contributed by atoms with Crippen LogP contribution in [-0.4, -0.2) is 27.5 Å². The van der Waals surface area contributed by atoms with E-state index in [2.05, 4.69) is 15.3 Å². The zero-order valence-corrected chi connectivity index (χ0v) is 18.6. The van der Waals surface area contributed by atoms with Crippen LogP contribution in [0.15, 0.2) is 83.7 Å². The summed E-state index contributed by atoms with van der Waals surface area (Å²) in [6.07, 6.45) is 0. The van der Waals surface area contributed by atoms with Crippen LogP contribution >= 0.6 is 0 Å². The summed E-state index contributed by atoms with van der Waals surface area (Å²) in [5, 5.41) is 2.94. The number of anilines is 1. The summed E-state index contributed by atoms with van der Waals surface area (Å²) in [6, 6.07) is 23.6. The van der Waals surface area contributed by atoms with Crippen LogP contribution in [-0.2, 0) is 6.54 Å². The normalized spacial score (nSPS) is 11.7. The number of urea groups is 1. The third-order valence-corrected chi connectivity index (χ3v) is 5.43. The number of fused-ring (bicyclic) bond motifs is 1. The third-order valence-electron chi connectivity index (χ3n) is 5.43. The number of nitrogens with zero attached hydrogens (tertiary/aromatic N) is 2. The van der Waals surface area contributed by atoms with Crippen LogP contribution in [0, 0.1) is 0 Å². The molecule has 0 radical (unpaired) electrons. The van der Waals surface area contributed by atoms with Crippen LogP contribution in [0.3, 0.4) is 0 Å². The van der Waals surface area contributed by atoms with Crippen LogP contribution in [0.1, 0.15) is 31.1 Å². The Bertz CT molecular complexity index is 1300. The Morgan fingerprint density at radius 2 is 1.73 bits per heavy atom. The molecule has 2 amide bonds. The number of hydrogen-bond donors (Lipinski definition) is 2. The fourth-order valence-electron chi connectivity index (χ4n) is 3.67. The highest BCUT2D eigenvalue weighted by atomic mass is 16.5. The van der Waals surface area contributed by atoms with Crippen molar-refractivity contribution in [2.24, 2.45) is 0 Å². The van der Waals surface area contributed by atoms with Crippen molar-refractivity contribution in [3.05, 3.63) is 100 Å². The quantitative estimate of drug-likeness (QED) is 0.416. The molecule has 1 heterocycles. The van der Waals surface area contributed by atoms with Gasteiger partial charge in [0.15, 0.2) is 0 Å². The van der Waals surface area contributed by atoms with Gasteiger partial charge in [-0.3, -0.25) is 4.79 Å². The van der Waals surface area contributed by atoms with E-state index in [1.807, 2.05) is 74.5 Å². The maximum atomic E-state index is 13.5. The Morgan fingerprint density at radius 1 is 1.03 bits per heavy atom. The van der Waals surface area contributed by atoms with Gasteiger partial charge in [-0.05, 0) is 43.7 Å². The van der Waals surface area contributed by atoms with Crippen molar-refractivity contribution in [3.63, 3.8) is 0 Å². The van der Waals surface area contributed by atoms with Gasteiger partial charge in [-0.1, -0.05) is 54.6 Å². The average Bonchev–Trinajstić information content (AvgIpc) is 2.84. The van der Waals surface area contributed by atoms with E-state index in [0.29, 0.717) is 29.1 Å². The van der Waals surface area contributed by atoms with Crippen molar-refractivity contribution in [1.82, 2.24) is 14.9 Å². The summed E-state index contributed by atoms with van der Waals surface area (Å²) < 4.78 is 5.65. The summed E-state index contributed by atoms with van der Waals surface area (Å²) in [7, 11) is 0. The molecule has 0 saturated heterocycles. The number of carbonyl (C=O) groups excluding carboxylic acids is 1. The van der Waals surface area contributed by atoms with Crippen molar-refractivity contribution >= 4 is 22.8 Å². The van der Waals surface area contributed by atoms with Crippen LogP contribution in [0.5, 0.6) is 5.75 Å². The smallest absolute Gasteiger partial charge is 0.322 e. The molecule has 7 heteroatoms. The number of para-hydroxylation sites is 4. The number of hydrogen-bond acceptors (Lipinski definition) is 4. The summed E-state index contributed by atoms with van der Waals surface area (Å²) >= 11 is 0. The van der Waals surface area contributed by atoms with E-state index in [4.69, 9.17) is 4.74 Å². The Morgan fingerprint density at radius 3 is 2.52 bits per heavy atom. The van der Waals surface area contributed by atoms with Gasteiger partial charge >= 0.3 is 6.03 Å². The van der Waals surface area contributed by atoms with E-state index in [9.17, 15) is 9.59 Å². The minimum absolute atomic E-state index is 0.0405. The van der Waals surface area contributed by atoms with Crippen LogP contribution in [0.25, 0.3) is 11.0 Å². The van der Waals surface area contributed by atoms with Gasteiger partial charge in [-0.25, -0.2) is 9.78 Å². The third kappa shape index (κ3) is 5.03. The van der Waals surface area contributed by atoms with Gasteiger partial charge in [-0.2, -0.15) is 0 Å². The van der Waals surface area contributed by atoms with Crippen LogP contribution in [0.4, 0.5) is 10.5 Å². The molecule has 0 aliphatic carbocycles. The van der Waals surface area contributed by atoms with Crippen molar-refractivity contribution in [1.29, 1.82) is 0 Å². The van der Waals surface area contributed by atoms with Crippen LogP contribution < -0.4 is 15.6 Å². The fourth-order valence-corrected chi connectivity index (χ4v) is 3.67. The SMILES string of the molecule is CCOc1ccccc1NC(=O)N(Cc1nc2ccccc2[nH]c1=O)C(C)c1ccccc1. The van der Waals surface area contributed by atoms with E-state index in [1.54, 1.807) is 23.1 Å². The summed E-state index contributed by atoms with van der Waals surface area (Å²) in [5.74, 6) is 0.586. The highest BCUT2D eigenvalue weighted by Gasteiger charge is 2.24. The van der Waals surface area contributed by atoms with E-state index < -0.39 is 0 Å². The summed E-state index contributed by atoms with van der Waals surface area (Å²) in [4.78, 5) is 35.2. The highest BCUT2D eigenvalue weighted by molar-refractivity contribution is 5.91. The first-order valence-electron chi connectivity index (χ1n) is 10.9. The number of aromatic amines is 1. The molecule has 0 spiro atoms. The van der Waals surface area contributed by atoms with Crippen LogP contribution in [0.2, 0.25) is 0 Å². The van der Waals surface area contributed by atoms with Gasteiger partial charge in [0, 0.05) is 0 Å². The highest BCUT2D eigenvalue weighted by Crippen LogP contribution is 2.27. The minimum atomic E-state index is -0.354. The Labute approximate surface area is 192 Å². The molecule has 4 rings (SSSR count). The first-order chi connectivity index (χ1) is 16.1. The van der Waals surface area contributed by atoms with Crippen molar-refractivity contribution in [2.45, 2.75) is 26.4 Å². The van der Waals surface area contributed by atoms with Crippen molar-refractivity contribution < 1.29 is 9.53 Å². The molecule has 33 heavy (non-hydrogen) atoms. The van der Waals surface area contributed by atoms with E-state index in [0.717, 1.165) is 5.56 Å². The Hall–Kier alpha value is -4.13. The number of ether oxygens (including phenoxy) is 1. The molecule has 2 N–H and O–H groups in total. The number of amides is 2. The predicted molar refractivity (Wildman–Crippen MR) is 129 cm³/mol. The number of rotatable bonds is 7. The maximum Gasteiger partial charge on any atom is 0.322 e.